The number of benzene rings is 3. The lowest BCUT2D eigenvalue weighted by Gasteiger charge is -2.15. The second-order valence-electron chi connectivity index (χ2n) is 7.93. The second kappa shape index (κ2) is 11.1. The first-order valence-electron chi connectivity index (χ1n) is 11.2. The zero-order chi connectivity index (χ0) is 25.7. The third-order valence-electron chi connectivity index (χ3n) is 5.58. The topological polar surface area (TPSA) is 94.8 Å². The number of nitrogens with zero attached hydrogens (tertiary/aromatic N) is 3. The van der Waals surface area contributed by atoms with Crippen LogP contribution >= 0.6 is 11.8 Å². The molecule has 1 N–H and O–H groups in total. The van der Waals surface area contributed by atoms with Crippen molar-refractivity contribution in [2.75, 3.05) is 20.0 Å². The predicted octanol–water partition coefficient (Wildman–Crippen LogP) is 4.34. The SMILES string of the molecule is COc1ccc(/C(C)=N/NC(=O)CSc2nc3ccccc3c(=O)n2-c2ccccc2C)cc1OC. The summed E-state index contributed by atoms with van der Waals surface area (Å²) in [4.78, 5) is 30.7. The zero-order valence-electron chi connectivity index (χ0n) is 20.4. The van der Waals surface area contributed by atoms with E-state index < -0.39 is 0 Å². The molecule has 9 heteroatoms. The number of aromatic nitrogens is 2. The fraction of sp³-hybridized carbons (Fsp3) is 0.185. The first-order valence-corrected chi connectivity index (χ1v) is 12.2. The monoisotopic (exact) mass is 502 g/mol. The highest BCUT2D eigenvalue weighted by atomic mass is 32.2. The smallest absolute Gasteiger partial charge is 0.266 e. The Morgan fingerprint density at radius 2 is 1.75 bits per heavy atom. The number of ether oxygens (including phenoxy) is 2. The minimum absolute atomic E-state index is 0.0272. The number of para-hydroxylation sites is 2. The van der Waals surface area contributed by atoms with Gasteiger partial charge in [-0.25, -0.2) is 10.4 Å². The van der Waals surface area contributed by atoms with Crippen LogP contribution < -0.4 is 20.5 Å². The molecule has 0 bridgehead atoms. The molecule has 0 aliphatic carbocycles. The summed E-state index contributed by atoms with van der Waals surface area (Å²) in [7, 11) is 3.13. The Kier molecular flexibility index (Phi) is 7.70. The van der Waals surface area contributed by atoms with Gasteiger partial charge in [0.25, 0.3) is 11.5 Å². The van der Waals surface area contributed by atoms with Crippen LogP contribution in [0.25, 0.3) is 16.6 Å². The lowest BCUT2D eigenvalue weighted by Crippen LogP contribution is -2.25. The van der Waals surface area contributed by atoms with E-state index in [1.54, 1.807) is 50.0 Å². The minimum Gasteiger partial charge on any atom is -0.493 e. The molecule has 3 aromatic carbocycles. The highest BCUT2D eigenvalue weighted by Gasteiger charge is 2.16. The third kappa shape index (κ3) is 5.26. The van der Waals surface area contributed by atoms with Crippen molar-refractivity contribution in [1.82, 2.24) is 15.0 Å². The number of hydrogen-bond acceptors (Lipinski definition) is 7. The van der Waals surface area contributed by atoms with Crippen molar-refractivity contribution in [3.63, 3.8) is 0 Å². The van der Waals surface area contributed by atoms with Crippen LogP contribution in [-0.2, 0) is 4.79 Å². The average Bonchev–Trinajstić information content (AvgIpc) is 2.90. The van der Waals surface area contributed by atoms with Crippen LogP contribution in [0.1, 0.15) is 18.1 Å². The van der Waals surface area contributed by atoms with Crippen molar-refractivity contribution in [3.05, 3.63) is 88.2 Å². The number of aryl methyl sites for hydroxylation is 1. The summed E-state index contributed by atoms with van der Waals surface area (Å²) < 4.78 is 12.2. The van der Waals surface area contributed by atoms with E-state index >= 15 is 0 Å². The van der Waals surface area contributed by atoms with E-state index in [-0.39, 0.29) is 17.2 Å². The zero-order valence-corrected chi connectivity index (χ0v) is 21.3. The Bertz CT molecular complexity index is 1510. The van der Waals surface area contributed by atoms with Crippen LogP contribution in [0.5, 0.6) is 11.5 Å². The van der Waals surface area contributed by atoms with Crippen LogP contribution in [0.3, 0.4) is 0 Å². The van der Waals surface area contributed by atoms with Gasteiger partial charge in [-0.2, -0.15) is 5.10 Å². The van der Waals surface area contributed by atoms with E-state index in [0.29, 0.717) is 33.3 Å². The summed E-state index contributed by atoms with van der Waals surface area (Å²) in [5.41, 5.74) is 6.03. The molecule has 0 aliphatic rings. The molecule has 0 unspecified atom stereocenters. The first kappa shape index (κ1) is 25.0. The van der Waals surface area contributed by atoms with E-state index in [9.17, 15) is 9.59 Å². The third-order valence-corrected chi connectivity index (χ3v) is 6.52. The minimum atomic E-state index is -0.321. The van der Waals surface area contributed by atoms with Crippen LogP contribution in [0.4, 0.5) is 0 Å². The highest BCUT2D eigenvalue weighted by molar-refractivity contribution is 7.99. The van der Waals surface area contributed by atoms with Gasteiger partial charge in [-0.05, 0) is 55.8 Å². The van der Waals surface area contributed by atoms with E-state index in [2.05, 4.69) is 15.5 Å². The Balaban J connectivity index is 1.56. The van der Waals surface area contributed by atoms with Gasteiger partial charge in [-0.3, -0.25) is 14.2 Å². The van der Waals surface area contributed by atoms with E-state index in [4.69, 9.17) is 9.47 Å². The van der Waals surface area contributed by atoms with Crippen molar-refractivity contribution >= 4 is 34.3 Å². The molecule has 0 spiro atoms. The van der Waals surface area contributed by atoms with Gasteiger partial charge < -0.3 is 9.47 Å². The van der Waals surface area contributed by atoms with Gasteiger partial charge in [0.1, 0.15) is 0 Å². The van der Waals surface area contributed by atoms with Gasteiger partial charge in [-0.15, -0.1) is 0 Å². The number of fused-ring (bicyclic) bond motifs is 1. The number of amides is 1. The predicted molar refractivity (Wildman–Crippen MR) is 143 cm³/mol. The summed E-state index contributed by atoms with van der Waals surface area (Å²) in [6, 6.07) is 20.2. The van der Waals surface area contributed by atoms with Crippen molar-refractivity contribution in [1.29, 1.82) is 0 Å². The Morgan fingerprint density at radius 1 is 1.03 bits per heavy atom. The van der Waals surface area contributed by atoms with Crippen molar-refractivity contribution in [2.24, 2.45) is 5.10 Å². The molecule has 4 aromatic rings. The number of thioether (sulfide) groups is 1. The molecular weight excluding hydrogens is 476 g/mol. The Hall–Kier alpha value is -4.11. The number of carbonyl (C=O) groups is 1. The Labute approximate surface area is 213 Å². The van der Waals surface area contributed by atoms with Crippen LogP contribution in [-0.4, -0.2) is 41.1 Å². The summed E-state index contributed by atoms with van der Waals surface area (Å²) in [6.45, 7) is 3.72. The van der Waals surface area contributed by atoms with E-state index in [1.807, 2.05) is 49.4 Å². The molecule has 0 fully saturated rings. The first-order chi connectivity index (χ1) is 17.4. The van der Waals surface area contributed by atoms with Gasteiger partial charge >= 0.3 is 0 Å². The normalized spacial score (nSPS) is 11.4. The Morgan fingerprint density at radius 3 is 2.50 bits per heavy atom. The fourth-order valence-electron chi connectivity index (χ4n) is 3.67. The maximum Gasteiger partial charge on any atom is 0.266 e. The molecule has 0 radical (unpaired) electrons. The number of rotatable bonds is 8. The molecule has 8 nitrogen and oxygen atoms in total. The average molecular weight is 503 g/mol. The number of methoxy groups -OCH3 is 2. The number of nitrogens with one attached hydrogen (secondary N) is 1. The lowest BCUT2D eigenvalue weighted by molar-refractivity contribution is -0.118. The summed E-state index contributed by atoms with van der Waals surface area (Å²) in [5, 5.41) is 5.17. The molecule has 0 saturated heterocycles. The summed E-state index contributed by atoms with van der Waals surface area (Å²) >= 11 is 1.18. The second-order valence-corrected chi connectivity index (χ2v) is 8.87. The number of carbonyl (C=O) groups excluding carboxylic acids is 1. The number of hydrogen-bond donors (Lipinski definition) is 1. The van der Waals surface area contributed by atoms with Crippen molar-refractivity contribution in [3.8, 4) is 17.2 Å². The molecule has 0 aliphatic heterocycles. The molecule has 36 heavy (non-hydrogen) atoms. The molecule has 4 rings (SSSR count). The molecule has 1 amide bonds. The maximum atomic E-state index is 13.4. The molecule has 184 valence electrons. The molecule has 1 heterocycles. The standard InChI is InChI=1S/C27H26N4O4S/c1-17-9-5-8-12-22(17)31-26(33)20-10-6-7-11-21(20)28-27(31)36-16-25(32)30-29-18(2)19-13-14-23(34-3)24(15-19)35-4/h5-15H,16H2,1-4H3,(H,30,32)/b29-18+. The molecule has 0 saturated carbocycles. The molecule has 1 aromatic heterocycles. The maximum absolute atomic E-state index is 13.4. The highest BCUT2D eigenvalue weighted by Crippen LogP contribution is 2.28. The van der Waals surface area contributed by atoms with Gasteiger partial charge in [0.2, 0.25) is 0 Å². The van der Waals surface area contributed by atoms with Gasteiger partial charge in [0, 0.05) is 5.56 Å². The van der Waals surface area contributed by atoms with Gasteiger partial charge in [0.05, 0.1) is 42.3 Å². The summed E-state index contributed by atoms with van der Waals surface area (Å²) in [5.74, 6) is 0.887. The molecular formula is C27H26N4O4S. The van der Waals surface area contributed by atoms with Crippen LogP contribution in [0, 0.1) is 6.92 Å². The molecule has 0 atom stereocenters. The van der Waals surface area contributed by atoms with Gasteiger partial charge in [0.15, 0.2) is 16.7 Å². The largest absolute Gasteiger partial charge is 0.493 e. The fourth-order valence-corrected chi connectivity index (χ4v) is 4.47. The summed E-state index contributed by atoms with van der Waals surface area (Å²) in [6.07, 6.45) is 0. The lowest BCUT2D eigenvalue weighted by atomic mass is 10.1. The van der Waals surface area contributed by atoms with Crippen molar-refractivity contribution in [2.45, 2.75) is 19.0 Å². The van der Waals surface area contributed by atoms with Crippen molar-refractivity contribution < 1.29 is 14.3 Å². The van der Waals surface area contributed by atoms with E-state index in [0.717, 1.165) is 16.8 Å². The quantitative estimate of drug-likeness (QED) is 0.167. The van der Waals surface area contributed by atoms with E-state index in [1.165, 1.54) is 11.8 Å². The number of hydrazone groups is 1. The van der Waals surface area contributed by atoms with Crippen LogP contribution in [0.15, 0.2) is 81.8 Å². The van der Waals surface area contributed by atoms with Crippen LogP contribution in [0.2, 0.25) is 0 Å². The van der Waals surface area contributed by atoms with Gasteiger partial charge in [-0.1, -0.05) is 42.1 Å².